The zero-order valence-electron chi connectivity index (χ0n) is 11.1. The highest BCUT2D eigenvalue weighted by Crippen LogP contribution is 2.18. The van der Waals surface area contributed by atoms with Crippen LogP contribution in [0.1, 0.15) is 21.5 Å². The topological polar surface area (TPSA) is 38.3 Å². The van der Waals surface area contributed by atoms with Gasteiger partial charge in [-0.05, 0) is 36.2 Å². The van der Waals surface area contributed by atoms with Crippen molar-refractivity contribution in [3.05, 3.63) is 65.2 Å². The summed E-state index contributed by atoms with van der Waals surface area (Å²) in [5.74, 6) is -0.308. The maximum absolute atomic E-state index is 11.4. The van der Waals surface area contributed by atoms with E-state index in [-0.39, 0.29) is 5.97 Å². The van der Waals surface area contributed by atoms with Crippen LogP contribution >= 0.6 is 0 Å². The lowest BCUT2D eigenvalue weighted by Gasteiger charge is -2.10. The highest BCUT2D eigenvalue weighted by atomic mass is 16.5. The standard InChI is InChI=1S/C16H17NO2/c1-12-10-14(16(18)19-2)8-9-15(12)17-11-13-6-4-3-5-7-13/h3-10,17H,11H2,1-2H3. The van der Waals surface area contributed by atoms with Gasteiger partial charge in [0.1, 0.15) is 0 Å². The van der Waals surface area contributed by atoms with Crippen molar-refractivity contribution < 1.29 is 9.53 Å². The summed E-state index contributed by atoms with van der Waals surface area (Å²) in [6, 6.07) is 15.7. The number of benzene rings is 2. The Morgan fingerprint density at radius 3 is 2.53 bits per heavy atom. The smallest absolute Gasteiger partial charge is 0.337 e. The van der Waals surface area contributed by atoms with Gasteiger partial charge in [-0.3, -0.25) is 0 Å². The average Bonchev–Trinajstić information content (AvgIpc) is 2.46. The van der Waals surface area contributed by atoms with Crippen LogP contribution in [0.25, 0.3) is 0 Å². The number of hydrogen-bond acceptors (Lipinski definition) is 3. The molecule has 0 radical (unpaired) electrons. The van der Waals surface area contributed by atoms with Crippen LogP contribution in [0, 0.1) is 6.92 Å². The predicted octanol–water partition coefficient (Wildman–Crippen LogP) is 3.39. The van der Waals surface area contributed by atoms with Crippen LogP contribution in [0.4, 0.5) is 5.69 Å². The Morgan fingerprint density at radius 1 is 1.16 bits per heavy atom. The number of carbonyl (C=O) groups excluding carboxylic acids is 1. The fourth-order valence-electron chi connectivity index (χ4n) is 1.90. The maximum atomic E-state index is 11.4. The summed E-state index contributed by atoms with van der Waals surface area (Å²) in [4.78, 5) is 11.4. The number of methoxy groups -OCH3 is 1. The van der Waals surface area contributed by atoms with Gasteiger partial charge in [0, 0.05) is 12.2 Å². The summed E-state index contributed by atoms with van der Waals surface area (Å²) < 4.78 is 4.70. The van der Waals surface area contributed by atoms with Crippen molar-refractivity contribution in [3.8, 4) is 0 Å². The van der Waals surface area contributed by atoms with Gasteiger partial charge in [-0.25, -0.2) is 4.79 Å². The largest absolute Gasteiger partial charge is 0.465 e. The van der Waals surface area contributed by atoms with Crippen molar-refractivity contribution in [2.24, 2.45) is 0 Å². The van der Waals surface area contributed by atoms with Crippen LogP contribution in [0.15, 0.2) is 48.5 Å². The molecule has 0 aromatic heterocycles. The SMILES string of the molecule is COC(=O)c1ccc(NCc2ccccc2)c(C)c1. The van der Waals surface area contributed by atoms with E-state index in [2.05, 4.69) is 17.4 Å². The monoisotopic (exact) mass is 255 g/mol. The number of nitrogens with one attached hydrogen (secondary N) is 1. The summed E-state index contributed by atoms with van der Waals surface area (Å²) >= 11 is 0. The van der Waals surface area contributed by atoms with Crippen LogP contribution in [-0.2, 0) is 11.3 Å². The van der Waals surface area contributed by atoms with Crippen molar-refractivity contribution in [2.45, 2.75) is 13.5 Å². The van der Waals surface area contributed by atoms with Crippen LogP contribution in [-0.4, -0.2) is 13.1 Å². The van der Waals surface area contributed by atoms with Gasteiger partial charge in [0.25, 0.3) is 0 Å². The van der Waals surface area contributed by atoms with Crippen LogP contribution < -0.4 is 5.32 Å². The molecular weight excluding hydrogens is 238 g/mol. The van der Waals surface area contributed by atoms with E-state index in [4.69, 9.17) is 4.74 Å². The Kier molecular flexibility index (Phi) is 4.18. The normalized spacial score (nSPS) is 10.0. The Labute approximate surface area is 113 Å². The highest BCUT2D eigenvalue weighted by Gasteiger charge is 2.07. The first-order valence-corrected chi connectivity index (χ1v) is 6.17. The van der Waals surface area contributed by atoms with Gasteiger partial charge in [-0.15, -0.1) is 0 Å². The molecule has 2 aromatic rings. The van der Waals surface area contributed by atoms with Gasteiger partial charge in [0.05, 0.1) is 12.7 Å². The molecule has 0 aliphatic rings. The van der Waals surface area contributed by atoms with E-state index in [1.165, 1.54) is 12.7 Å². The molecule has 0 fully saturated rings. The van der Waals surface area contributed by atoms with Crippen molar-refractivity contribution in [1.82, 2.24) is 0 Å². The average molecular weight is 255 g/mol. The lowest BCUT2D eigenvalue weighted by molar-refractivity contribution is 0.0600. The number of rotatable bonds is 4. The first-order chi connectivity index (χ1) is 9.20. The molecule has 2 rings (SSSR count). The molecule has 0 bridgehead atoms. The van der Waals surface area contributed by atoms with Gasteiger partial charge < -0.3 is 10.1 Å². The predicted molar refractivity (Wildman–Crippen MR) is 76.3 cm³/mol. The van der Waals surface area contributed by atoms with Crippen LogP contribution in [0.5, 0.6) is 0 Å². The molecule has 3 nitrogen and oxygen atoms in total. The molecule has 1 N–H and O–H groups in total. The van der Waals surface area contributed by atoms with E-state index in [9.17, 15) is 4.79 Å². The first kappa shape index (κ1) is 13.1. The minimum atomic E-state index is -0.308. The molecule has 98 valence electrons. The molecular formula is C16H17NO2. The quantitative estimate of drug-likeness (QED) is 0.851. The first-order valence-electron chi connectivity index (χ1n) is 6.17. The molecule has 0 amide bonds. The second-order valence-corrected chi connectivity index (χ2v) is 4.36. The zero-order valence-corrected chi connectivity index (χ0v) is 11.1. The van der Waals surface area contributed by atoms with E-state index >= 15 is 0 Å². The fourth-order valence-corrected chi connectivity index (χ4v) is 1.90. The molecule has 0 aliphatic carbocycles. The Bertz CT molecular complexity index is 564. The molecule has 19 heavy (non-hydrogen) atoms. The zero-order chi connectivity index (χ0) is 13.7. The van der Waals surface area contributed by atoms with Gasteiger partial charge in [-0.1, -0.05) is 30.3 Å². The van der Waals surface area contributed by atoms with Crippen LogP contribution in [0.3, 0.4) is 0 Å². The molecule has 2 aromatic carbocycles. The number of ether oxygens (including phenoxy) is 1. The second-order valence-electron chi connectivity index (χ2n) is 4.36. The van der Waals surface area contributed by atoms with Crippen molar-refractivity contribution >= 4 is 11.7 Å². The number of anilines is 1. The third-order valence-electron chi connectivity index (χ3n) is 2.97. The molecule has 0 heterocycles. The van der Waals surface area contributed by atoms with E-state index in [1.807, 2.05) is 37.3 Å². The molecule has 0 spiro atoms. The Hall–Kier alpha value is -2.29. The molecule has 0 saturated carbocycles. The lowest BCUT2D eigenvalue weighted by Crippen LogP contribution is -2.04. The highest BCUT2D eigenvalue weighted by molar-refractivity contribution is 5.90. The van der Waals surface area contributed by atoms with Gasteiger partial charge in [0.15, 0.2) is 0 Å². The van der Waals surface area contributed by atoms with E-state index in [0.717, 1.165) is 17.8 Å². The lowest BCUT2D eigenvalue weighted by atomic mass is 10.1. The fraction of sp³-hybridized carbons (Fsp3) is 0.188. The number of aryl methyl sites for hydroxylation is 1. The van der Waals surface area contributed by atoms with Gasteiger partial charge >= 0.3 is 5.97 Å². The van der Waals surface area contributed by atoms with Gasteiger partial charge in [0.2, 0.25) is 0 Å². The Balaban J connectivity index is 2.07. The van der Waals surface area contributed by atoms with Gasteiger partial charge in [-0.2, -0.15) is 0 Å². The molecule has 3 heteroatoms. The number of esters is 1. The molecule has 0 atom stereocenters. The molecule has 0 unspecified atom stereocenters. The Morgan fingerprint density at radius 2 is 1.89 bits per heavy atom. The number of carbonyl (C=O) groups is 1. The molecule has 0 saturated heterocycles. The number of hydrogen-bond donors (Lipinski definition) is 1. The second kappa shape index (κ2) is 6.05. The van der Waals surface area contributed by atoms with E-state index < -0.39 is 0 Å². The summed E-state index contributed by atoms with van der Waals surface area (Å²) in [7, 11) is 1.39. The van der Waals surface area contributed by atoms with Crippen molar-refractivity contribution in [1.29, 1.82) is 0 Å². The summed E-state index contributed by atoms with van der Waals surface area (Å²) in [5, 5.41) is 3.36. The summed E-state index contributed by atoms with van der Waals surface area (Å²) in [5.41, 5.74) is 3.85. The third kappa shape index (κ3) is 3.35. The van der Waals surface area contributed by atoms with Crippen molar-refractivity contribution in [3.63, 3.8) is 0 Å². The van der Waals surface area contributed by atoms with E-state index in [1.54, 1.807) is 6.07 Å². The van der Waals surface area contributed by atoms with Crippen LogP contribution in [0.2, 0.25) is 0 Å². The van der Waals surface area contributed by atoms with E-state index in [0.29, 0.717) is 5.56 Å². The third-order valence-corrected chi connectivity index (χ3v) is 2.97. The summed E-state index contributed by atoms with van der Waals surface area (Å²) in [6.45, 7) is 2.74. The van der Waals surface area contributed by atoms with Crippen molar-refractivity contribution in [2.75, 3.05) is 12.4 Å². The minimum Gasteiger partial charge on any atom is -0.465 e. The summed E-state index contributed by atoms with van der Waals surface area (Å²) in [6.07, 6.45) is 0. The molecule has 0 aliphatic heterocycles. The maximum Gasteiger partial charge on any atom is 0.337 e. The minimum absolute atomic E-state index is 0.308.